The Bertz CT molecular complexity index is 555. The Kier molecular flexibility index (Phi) is 3.25. The van der Waals surface area contributed by atoms with E-state index in [-0.39, 0.29) is 17.6 Å². The molecule has 0 aliphatic carbocycles. The quantitative estimate of drug-likeness (QED) is 0.842. The van der Waals surface area contributed by atoms with Crippen molar-refractivity contribution in [2.75, 3.05) is 20.3 Å². The number of morpholine rings is 1. The summed E-state index contributed by atoms with van der Waals surface area (Å²) in [6.07, 6.45) is 1.04. The van der Waals surface area contributed by atoms with E-state index < -0.39 is 11.4 Å². The second-order valence-corrected chi connectivity index (χ2v) is 5.76. The summed E-state index contributed by atoms with van der Waals surface area (Å²) >= 11 is 0. The fourth-order valence-corrected chi connectivity index (χ4v) is 3.27. The standard InChI is InChI=1S/C15H17FN2O2/c1-18-12-5-15(19,6-13(18)9-20-8-12)11-3-2-10(7-17)14(16)4-11/h2-4,12-13,19H,5-6,8-9H2,1H3. The summed E-state index contributed by atoms with van der Waals surface area (Å²) in [6.45, 7) is 1.18. The Labute approximate surface area is 117 Å². The molecule has 1 aromatic carbocycles. The second-order valence-electron chi connectivity index (χ2n) is 5.76. The maximum absolute atomic E-state index is 13.8. The number of aliphatic hydroxyl groups is 1. The van der Waals surface area contributed by atoms with Gasteiger partial charge >= 0.3 is 0 Å². The molecule has 1 aromatic rings. The van der Waals surface area contributed by atoms with Crippen molar-refractivity contribution >= 4 is 0 Å². The van der Waals surface area contributed by atoms with Crippen LogP contribution < -0.4 is 0 Å². The number of benzene rings is 1. The number of hydrogen-bond acceptors (Lipinski definition) is 4. The average Bonchev–Trinajstić information content (AvgIpc) is 2.41. The highest BCUT2D eigenvalue weighted by Gasteiger charge is 2.45. The van der Waals surface area contributed by atoms with E-state index in [0.29, 0.717) is 31.6 Å². The van der Waals surface area contributed by atoms with Crippen LogP contribution in [0, 0.1) is 17.1 Å². The van der Waals surface area contributed by atoms with Crippen LogP contribution in [0.15, 0.2) is 18.2 Å². The summed E-state index contributed by atoms with van der Waals surface area (Å²) in [5, 5.41) is 19.7. The lowest BCUT2D eigenvalue weighted by Gasteiger charge is -2.50. The van der Waals surface area contributed by atoms with Gasteiger partial charge in [0, 0.05) is 12.1 Å². The van der Waals surface area contributed by atoms with Gasteiger partial charge in [-0.3, -0.25) is 4.90 Å². The predicted molar refractivity (Wildman–Crippen MR) is 70.4 cm³/mol. The van der Waals surface area contributed by atoms with Crippen molar-refractivity contribution in [3.8, 4) is 6.07 Å². The number of halogens is 1. The molecule has 0 spiro atoms. The molecule has 4 nitrogen and oxygen atoms in total. The molecule has 106 valence electrons. The molecule has 2 heterocycles. The van der Waals surface area contributed by atoms with Crippen LogP contribution in [0.3, 0.4) is 0 Å². The van der Waals surface area contributed by atoms with Gasteiger partial charge in [0.05, 0.1) is 24.4 Å². The summed E-state index contributed by atoms with van der Waals surface area (Å²) in [5.41, 5.74) is -0.478. The average molecular weight is 276 g/mol. The van der Waals surface area contributed by atoms with E-state index in [2.05, 4.69) is 4.90 Å². The van der Waals surface area contributed by atoms with Crippen LogP contribution in [0.4, 0.5) is 4.39 Å². The summed E-state index contributed by atoms with van der Waals surface area (Å²) < 4.78 is 19.3. The summed E-state index contributed by atoms with van der Waals surface area (Å²) in [4.78, 5) is 2.23. The zero-order chi connectivity index (χ0) is 14.3. The number of hydrogen-bond donors (Lipinski definition) is 1. The molecule has 20 heavy (non-hydrogen) atoms. The van der Waals surface area contributed by atoms with Gasteiger partial charge in [-0.15, -0.1) is 0 Å². The van der Waals surface area contributed by atoms with Crippen LogP contribution in [0.2, 0.25) is 0 Å². The molecule has 2 atom stereocenters. The first-order valence-electron chi connectivity index (χ1n) is 6.76. The lowest BCUT2D eigenvalue weighted by molar-refractivity contribution is -0.137. The van der Waals surface area contributed by atoms with E-state index in [9.17, 15) is 9.50 Å². The molecular formula is C15H17FN2O2. The fourth-order valence-electron chi connectivity index (χ4n) is 3.27. The molecule has 2 aliphatic rings. The topological polar surface area (TPSA) is 56.5 Å². The van der Waals surface area contributed by atoms with Gasteiger partial charge < -0.3 is 9.84 Å². The van der Waals surface area contributed by atoms with E-state index >= 15 is 0 Å². The van der Waals surface area contributed by atoms with Gasteiger partial charge in [-0.25, -0.2) is 4.39 Å². The van der Waals surface area contributed by atoms with E-state index in [4.69, 9.17) is 10.00 Å². The van der Waals surface area contributed by atoms with Crippen LogP contribution >= 0.6 is 0 Å². The van der Waals surface area contributed by atoms with Crippen LogP contribution in [0.1, 0.15) is 24.0 Å². The third kappa shape index (κ3) is 2.10. The molecule has 5 heteroatoms. The molecule has 2 saturated heterocycles. The Hall–Kier alpha value is -1.48. The normalized spacial score (nSPS) is 33.7. The van der Waals surface area contributed by atoms with Crippen molar-refractivity contribution in [2.45, 2.75) is 30.5 Å². The van der Waals surface area contributed by atoms with Crippen molar-refractivity contribution in [2.24, 2.45) is 0 Å². The summed E-state index contributed by atoms with van der Waals surface area (Å²) in [7, 11) is 2.04. The summed E-state index contributed by atoms with van der Waals surface area (Å²) in [5.74, 6) is -0.571. The number of likely N-dealkylation sites (N-methyl/N-ethyl adjacent to an activating group) is 1. The first kappa shape index (κ1) is 13.5. The van der Waals surface area contributed by atoms with E-state index in [0.717, 1.165) is 0 Å². The van der Waals surface area contributed by atoms with Gasteiger partial charge in [-0.1, -0.05) is 6.07 Å². The third-order valence-electron chi connectivity index (χ3n) is 4.55. The van der Waals surface area contributed by atoms with Crippen LogP contribution in [-0.4, -0.2) is 42.4 Å². The summed E-state index contributed by atoms with van der Waals surface area (Å²) in [6, 6.07) is 6.48. The van der Waals surface area contributed by atoms with Gasteiger partial charge in [-0.05, 0) is 37.6 Å². The van der Waals surface area contributed by atoms with Crippen LogP contribution in [0.25, 0.3) is 0 Å². The minimum absolute atomic E-state index is 0.00815. The van der Waals surface area contributed by atoms with Gasteiger partial charge in [0.1, 0.15) is 11.9 Å². The number of nitrogens with zero attached hydrogens (tertiary/aromatic N) is 2. The van der Waals surface area contributed by atoms with Gasteiger partial charge in [0.15, 0.2) is 0 Å². The molecule has 2 bridgehead atoms. The number of rotatable bonds is 1. The second kappa shape index (κ2) is 4.81. The first-order chi connectivity index (χ1) is 9.53. The van der Waals surface area contributed by atoms with Crippen molar-refractivity contribution in [1.29, 1.82) is 5.26 Å². The van der Waals surface area contributed by atoms with Crippen LogP contribution in [0.5, 0.6) is 0 Å². The molecule has 2 fully saturated rings. The molecule has 0 aromatic heterocycles. The van der Waals surface area contributed by atoms with Gasteiger partial charge in [0.2, 0.25) is 0 Å². The molecule has 3 rings (SSSR count). The highest BCUT2D eigenvalue weighted by Crippen LogP contribution is 2.40. The zero-order valence-corrected chi connectivity index (χ0v) is 11.3. The highest BCUT2D eigenvalue weighted by molar-refractivity contribution is 5.36. The molecule has 0 radical (unpaired) electrons. The SMILES string of the molecule is CN1C2COCC1CC(O)(c1ccc(C#N)c(F)c1)C2. The molecule has 2 aliphatic heterocycles. The van der Waals surface area contributed by atoms with Crippen molar-refractivity contribution in [3.63, 3.8) is 0 Å². The maximum atomic E-state index is 13.8. The lowest BCUT2D eigenvalue weighted by Crippen LogP contribution is -2.59. The van der Waals surface area contributed by atoms with Gasteiger partial charge in [0.25, 0.3) is 0 Å². The minimum Gasteiger partial charge on any atom is -0.385 e. The number of nitriles is 1. The lowest BCUT2D eigenvalue weighted by atomic mass is 9.77. The van der Waals surface area contributed by atoms with E-state index in [1.54, 1.807) is 12.1 Å². The maximum Gasteiger partial charge on any atom is 0.141 e. The first-order valence-corrected chi connectivity index (χ1v) is 6.76. The molecule has 0 amide bonds. The molecule has 0 saturated carbocycles. The Morgan fingerprint density at radius 3 is 2.60 bits per heavy atom. The van der Waals surface area contributed by atoms with Crippen molar-refractivity contribution in [1.82, 2.24) is 4.90 Å². The molecule has 1 N–H and O–H groups in total. The highest BCUT2D eigenvalue weighted by atomic mass is 19.1. The smallest absolute Gasteiger partial charge is 0.141 e. The Morgan fingerprint density at radius 1 is 1.40 bits per heavy atom. The predicted octanol–water partition coefficient (Wildman–Crippen LogP) is 1.38. The zero-order valence-electron chi connectivity index (χ0n) is 11.3. The molecular weight excluding hydrogens is 259 g/mol. The number of piperidine rings is 1. The number of fused-ring (bicyclic) bond motifs is 2. The van der Waals surface area contributed by atoms with Crippen LogP contribution in [-0.2, 0) is 10.3 Å². The fraction of sp³-hybridized carbons (Fsp3) is 0.533. The largest absolute Gasteiger partial charge is 0.385 e. The van der Waals surface area contributed by atoms with E-state index in [1.165, 1.54) is 12.1 Å². The third-order valence-corrected chi connectivity index (χ3v) is 4.55. The number of ether oxygens (including phenoxy) is 1. The molecule has 2 unspecified atom stereocenters. The Morgan fingerprint density at radius 2 is 2.05 bits per heavy atom. The van der Waals surface area contributed by atoms with Gasteiger partial charge in [-0.2, -0.15) is 5.26 Å². The monoisotopic (exact) mass is 276 g/mol. The van der Waals surface area contributed by atoms with Crippen molar-refractivity contribution < 1.29 is 14.2 Å². The van der Waals surface area contributed by atoms with Crippen molar-refractivity contribution in [3.05, 3.63) is 35.1 Å². The van der Waals surface area contributed by atoms with E-state index in [1.807, 2.05) is 7.05 Å². The minimum atomic E-state index is -1.04. The Balaban J connectivity index is 1.93.